The molecule has 0 heterocycles. The lowest BCUT2D eigenvalue weighted by Crippen LogP contribution is -2.14. The summed E-state index contributed by atoms with van der Waals surface area (Å²) < 4.78 is 4.97. The van der Waals surface area contributed by atoms with Crippen molar-refractivity contribution in [3.63, 3.8) is 0 Å². The number of carbonyl (C=O) groups excluding carboxylic acids is 2. The van der Waals surface area contributed by atoms with Crippen molar-refractivity contribution in [2.75, 3.05) is 6.61 Å². The fraction of sp³-hybridized carbons (Fsp3) is 0.176. The number of hydrogen-bond acceptors (Lipinski definition) is 5. The first-order chi connectivity index (χ1) is 10.9. The van der Waals surface area contributed by atoms with Crippen molar-refractivity contribution in [2.45, 2.75) is 13.8 Å². The second-order valence-electron chi connectivity index (χ2n) is 5.12. The van der Waals surface area contributed by atoms with Gasteiger partial charge in [0.2, 0.25) is 0 Å². The molecule has 0 fully saturated rings. The van der Waals surface area contributed by atoms with Crippen molar-refractivity contribution in [1.29, 1.82) is 0 Å². The normalized spacial score (nSPS) is 10.2. The number of ether oxygens (including phenoxy) is 1. The van der Waals surface area contributed by atoms with E-state index in [0.29, 0.717) is 11.1 Å². The molecule has 2 rings (SSSR count). The predicted octanol–water partition coefficient (Wildman–Crippen LogP) is 3.25. The Hall–Kier alpha value is -3.02. The maximum Gasteiger partial charge on any atom is 0.338 e. The number of nitro groups is 1. The zero-order valence-corrected chi connectivity index (χ0v) is 12.7. The number of aryl methyl sites for hydroxylation is 2. The molecule has 0 aliphatic carbocycles. The summed E-state index contributed by atoms with van der Waals surface area (Å²) >= 11 is 0. The van der Waals surface area contributed by atoms with E-state index < -0.39 is 10.9 Å². The molecule has 0 bridgehead atoms. The van der Waals surface area contributed by atoms with E-state index in [1.54, 1.807) is 24.3 Å². The van der Waals surface area contributed by atoms with Gasteiger partial charge in [0.15, 0.2) is 12.4 Å². The molecule has 0 aliphatic heterocycles. The molecular formula is C17H15NO5. The lowest BCUT2D eigenvalue weighted by atomic mass is 10.1. The Kier molecular flexibility index (Phi) is 4.85. The smallest absolute Gasteiger partial charge is 0.338 e. The van der Waals surface area contributed by atoms with Gasteiger partial charge in [-0.2, -0.15) is 0 Å². The Morgan fingerprint density at radius 3 is 2.22 bits per heavy atom. The average Bonchev–Trinajstić information content (AvgIpc) is 2.52. The topological polar surface area (TPSA) is 86.5 Å². The van der Waals surface area contributed by atoms with Crippen LogP contribution in [0.15, 0.2) is 42.5 Å². The van der Waals surface area contributed by atoms with Crippen molar-refractivity contribution in [1.82, 2.24) is 0 Å². The summed E-state index contributed by atoms with van der Waals surface area (Å²) in [5.41, 5.74) is 1.94. The molecule has 0 radical (unpaired) electrons. The molecule has 6 nitrogen and oxygen atoms in total. The monoisotopic (exact) mass is 313 g/mol. The van der Waals surface area contributed by atoms with Crippen LogP contribution in [0.4, 0.5) is 5.69 Å². The van der Waals surface area contributed by atoms with Crippen LogP contribution >= 0.6 is 0 Å². The molecule has 0 aromatic heterocycles. The Bertz CT molecular complexity index is 765. The molecule has 0 saturated heterocycles. The summed E-state index contributed by atoms with van der Waals surface area (Å²) in [6, 6.07) is 10.9. The zero-order chi connectivity index (χ0) is 17.0. The number of carbonyl (C=O) groups is 2. The lowest BCUT2D eigenvalue weighted by Gasteiger charge is -2.06. The van der Waals surface area contributed by atoms with E-state index >= 15 is 0 Å². The highest BCUT2D eigenvalue weighted by molar-refractivity contribution is 5.99. The zero-order valence-electron chi connectivity index (χ0n) is 12.7. The summed E-state index contributed by atoms with van der Waals surface area (Å²) in [5, 5.41) is 10.7. The van der Waals surface area contributed by atoms with Crippen LogP contribution in [0.3, 0.4) is 0 Å². The predicted molar refractivity (Wildman–Crippen MR) is 83.6 cm³/mol. The minimum absolute atomic E-state index is 0.0720. The Balaban J connectivity index is 2.02. The van der Waals surface area contributed by atoms with E-state index in [1.807, 2.05) is 6.92 Å². The molecule has 0 spiro atoms. The highest BCUT2D eigenvalue weighted by Crippen LogP contribution is 2.19. The summed E-state index contributed by atoms with van der Waals surface area (Å²) in [4.78, 5) is 34.1. The number of Topliss-reactive ketones (excluding diaryl/α,β-unsaturated/α-hetero) is 1. The van der Waals surface area contributed by atoms with Crippen LogP contribution in [-0.2, 0) is 4.74 Å². The molecule has 0 amide bonds. The highest BCUT2D eigenvalue weighted by atomic mass is 16.6. The van der Waals surface area contributed by atoms with E-state index in [9.17, 15) is 19.7 Å². The molecule has 0 saturated carbocycles. The summed E-state index contributed by atoms with van der Waals surface area (Å²) in [5.74, 6) is -1.000. The number of benzene rings is 2. The molecule has 0 atom stereocenters. The van der Waals surface area contributed by atoms with Crippen LogP contribution in [0.25, 0.3) is 0 Å². The van der Waals surface area contributed by atoms with E-state index in [1.165, 1.54) is 25.1 Å². The van der Waals surface area contributed by atoms with Gasteiger partial charge in [0, 0.05) is 17.2 Å². The molecule has 23 heavy (non-hydrogen) atoms. The standard InChI is InChI=1S/C17H15NO5/c1-11-3-5-13(6-4-11)16(19)10-23-17(20)14-7-8-15(18(21)22)12(2)9-14/h3-9H,10H2,1-2H3. The lowest BCUT2D eigenvalue weighted by molar-refractivity contribution is -0.385. The van der Waals surface area contributed by atoms with E-state index in [-0.39, 0.29) is 23.6 Å². The number of hydrogen-bond donors (Lipinski definition) is 0. The van der Waals surface area contributed by atoms with E-state index in [0.717, 1.165) is 5.56 Å². The third-order valence-electron chi connectivity index (χ3n) is 3.34. The van der Waals surface area contributed by atoms with Gasteiger partial charge in [-0.25, -0.2) is 4.79 Å². The van der Waals surface area contributed by atoms with Gasteiger partial charge in [-0.15, -0.1) is 0 Å². The number of ketones is 1. The average molecular weight is 313 g/mol. The molecule has 118 valence electrons. The van der Waals surface area contributed by atoms with Gasteiger partial charge in [-0.3, -0.25) is 14.9 Å². The maximum absolute atomic E-state index is 11.9. The second kappa shape index (κ2) is 6.83. The molecule has 0 aliphatic rings. The van der Waals surface area contributed by atoms with Crippen molar-refractivity contribution in [2.24, 2.45) is 0 Å². The Morgan fingerprint density at radius 1 is 1.04 bits per heavy atom. The number of nitro benzene ring substituents is 1. The Labute approximate surface area is 132 Å². The third-order valence-corrected chi connectivity index (χ3v) is 3.34. The first-order valence-electron chi connectivity index (χ1n) is 6.90. The van der Waals surface area contributed by atoms with Gasteiger partial charge in [0.05, 0.1) is 10.5 Å². The summed E-state index contributed by atoms with van der Waals surface area (Å²) in [6.07, 6.45) is 0. The van der Waals surface area contributed by atoms with Crippen LogP contribution in [0, 0.1) is 24.0 Å². The highest BCUT2D eigenvalue weighted by Gasteiger charge is 2.16. The summed E-state index contributed by atoms with van der Waals surface area (Å²) in [7, 11) is 0. The van der Waals surface area contributed by atoms with Crippen LogP contribution < -0.4 is 0 Å². The van der Waals surface area contributed by atoms with Crippen molar-refractivity contribution >= 4 is 17.4 Å². The number of nitrogens with zero attached hydrogens (tertiary/aromatic N) is 1. The SMILES string of the molecule is Cc1ccc(C(=O)COC(=O)c2ccc([N+](=O)[O-])c(C)c2)cc1. The van der Waals surface area contributed by atoms with Crippen LogP contribution in [-0.4, -0.2) is 23.3 Å². The third kappa shape index (κ3) is 4.00. The van der Waals surface area contributed by atoms with Gasteiger partial charge >= 0.3 is 5.97 Å². The molecular weight excluding hydrogens is 298 g/mol. The second-order valence-corrected chi connectivity index (χ2v) is 5.12. The summed E-state index contributed by atoms with van der Waals surface area (Å²) in [6.45, 7) is 3.06. The molecule has 0 unspecified atom stereocenters. The van der Waals surface area contributed by atoms with Gasteiger partial charge < -0.3 is 4.74 Å². The van der Waals surface area contributed by atoms with Gasteiger partial charge in [-0.1, -0.05) is 29.8 Å². The first-order valence-corrected chi connectivity index (χ1v) is 6.90. The molecule has 2 aromatic carbocycles. The van der Waals surface area contributed by atoms with Crippen molar-refractivity contribution in [3.05, 3.63) is 74.8 Å². The number of rotatable bonds is 5. The largest absolute Gasteiger partial charge is 0.454 e. The quantitative estimate of drug-likeness (QED) is 0.366. The molecule has 6 heteroatoms. The van der Waals surface area contributed by atoms with Gasteiger partial charge in [0.25, 0.3) is 5.69 Å². The molecule has 2 aromatic rings. The molecule has 0 N–H and O–H groups in total. The fourth-order valence-corrected chi connectivity index (χ4v) is 2.02. The maximum atomic E-state index is 11.9. The van der Waals surface area contributed by atoms with Crippen LogP contribution in [0.1, 0.15) is 31.8 Å². The Morgan fingerprint density at radius 2 is 1.65 bits per heavy atom. The van der Waals surface area contributed by atoms with E-state index in [4.69, 9.17) is 4.74 Å². The minimum Gasteiger partial charge on any atom is -0.454 e. The minimum atomic E-state index is -0.691. The van der Waals surface area contributed by atoms with Crippen molar-refractivity contribution < 1.29 is 19.2 Å². The van der Waals surface area contributed by atoms with Gasteiger partial charge in [-0.05, 0) is 26.0 Å². The van der Waals surface area contributed by atoms with Crippen LogP contribution in [0.5, 0.6) is 0 Å². The van der Waals surface area contributed by atoms with Crippen molar-refractivity contribution in [3.8, 4) is 0 Å². The van der Waals surface area contributed by atoms with E-state index in [2.05, 4.69) is 0 Å². The first kappa shape index (κ1) is 16.4. The van der Waals surface area contributed by atoms with Crippen LogP contribution in [0.2, 0.25) is 0 Å². The fourth-order valence-electron chi connectivity index (χ4n) is 2.02. The number of esters is 1. The van der Waals surface area contributed by atoms with Gasteiger partial charge in [0.1, 0.15) is 0 Å².